The minimum atomic E-state index is 0.141. The van der Waals surface area contributed by atoms with Gasteiger partial charge in [-0.2, -0.15) is 0 Å². The van der Waals surface area contributed by atoms with Gasteiger partial charge in [0, 0.05) is 16.3 Å². The van der Waals surface area contributed by atoms with Crippen LogP contribution in [0.5, 0.6) is 0 Å². The van der Waals surface area contributed by atoms with Crippen molar-refractivity contribution in [1.29, 1.82) is 0 Å². The van der Waals surface area contributed by atoms with Gasteiger partial charge < -0.3 is 5.32 Å². The first kappa shape index (κ1) is 18.2. The third kappa shape index (κ3) is 3.77. The molecule has 0 spiro atoms. The molecule has 2 aromatic rings. The highest BCUT2D eigenvalue weighted by Gasteiger charge is 2.24. The van der Waals surface area contributed by atoms with Crippen molar-refractivity contribution >= 4 is 39.2 Å². The third-order valence-electron chi connectivity index (χ3n) is 5.69. The zero-order chi connectivity index (χ0) is 18.1. The number of amides is 1. The molecule has 140 valence electrons. The highest BCUT2D eigenvalue weighted by molar-refractivity contribution is 8.00. The van der Waals surface area contributed by atoms with Crippen LogP contribution in [0.2, 0.25) is 0 Å². The van der Waals surface area contributed by atoms with Crippen LogP contribution in [0.4, 0.5) is 0 Å². The molecule has 2 unspecified atom stereocenters. The number of thiophene rings is 1. The molecule has 2 aliphatic carbocycles. The molecule has 0 saturated heterocycles. The van der Waals surface area contributed by atoms with Crippen molar-refractivity contribution in [3.8, 4) is 0 Å². The molecule has 0 aliphatic heterocycles. The van der Waals surface area contributed by atoms with Crippen LogP contribution in [-0.2, 0) is 17.6 Å². The predicted octanol–water partition coefficient (Wildman–Crippen LogP) is 4.67. The van der Waals surface area contributed by atoms with Gasteiger partial charge >= 0.3 is 0 Å². The Morgan fingerprint density at radius 2 is 2.00 bits per heavy atom. The number of aryl methyl sites for hydroxylation is 3. The second-order valence-corrected chi connectivity index (χ2v) is 9.74. The van der Waals surface area contributed by atoms with E-state index >= 15 is 0 Å². The van der Waals surface area contributed by atoms with Gasteiger partial charge in [-0.05, 0) is 56.9 Å². The summed E-state index contributed by atoms with van der Waals surface area (Å²) in [4.78, 5) is 24.4. The van der Waals surface area contributed by atoms with Crippen molar-refractivity contribution in [2.75, 3.05) is 5.75 Å². The predicted molar refractivity (Wildman–Crippen MR) is 109 cm³/mol. The largest absolute Gasteiger partial charge is 0.352 e. The molecule has 4 nitrogen and oxygen atoms in total. The molecule has 1 amide bonds. The van der Waals surface area contributed by atoms with Crippen LogP contribution in [0.1, 0.15) is 61.7 Å². The summed E-state index contributed by atoms with van der Waals surface area (Å²) in [5, 5.41) is 5.48. The number of fused-ring (bicyclic) bond motifs is 3. The van der Waals surface area contributed by atoms with Gasteiger partial charge in [-0.25, -0.2) is 9.97 Å². The molecular weight excluding hydrogens is 362 g/mol. The number of aromatic nitrogens is 2. The van der Waals surface area contributed by atoms with E-state index in [1.165, 1.54) is 54.4 Å². The molecule has 1 fully saturated rings. The van der Waals surface area contributed by atoms with Gasteiger partial charge in [0.05, 0.1) is 5.75 Å². The van der Waals surface area contributed by atoms with Crippen LogP contribution in [0.25, 0.3) is 10.2 Å². The highest BCUT2D eigenvalue weighted by Crippen LogP contribution is 2.39. The van der Waals surface area contributed by atoms with E-state index in [0.29, 0.717) is 17.7 Å². The summed E-state index contributed by atoms with van der Waals surface area (Å²) < 4.78 is 0. The van der Waals surface area contributed by atoms with Gasteiger partial charge in [0.15, 0.2) is 0 Å². The Morgan fingerprint density at radius 1 is 1.19 bits per heavy atom. The first-order valence-corrected chi connectivity index (χ1v) is 11.6. The van der Waals surface area contributed by atoms with Crippen LogP contribution in [0, 0.1) is 12.8 Å². The van der Waals surface area contributed by atoms with E-state index in [1.54, 1.807) is 11.8 Å². The molecule has 6 heteroatoms. The van der Waals surface area contributed by atoms with Crippen molar-refractivity contribution in [1.82, 2.24) is 15.3 Å². The standard InChI is InChI=1S/C20H27N3OS2/c1-12-7-3-5-9-15(12)23-17(24)11-25-19-18-14-8-4-6-10-16(14)26-20(18)22-13(2)21-19/h12,15H,3-11H2,1-2H3,(H,23,24). The Kier molecular flexibility index (Phi) is 5.50. The summed E-state index contributed by atoms with van der Waals surface area (Å²) in [6.45, 7) is 4.21. The average molecular weight is 390 g/mol. The van der Waals surface area contributed by atoms with Crippen molar-refractivity contribution < 1.29 is 4.79 Å². The summed E-state index contributed by atoms with van der Waals surface area (Å²) >= 11 is 3.41. The molecule has 4 rings (SSSR count). The lowest BCUT2D eigenvalue weighted by molar-refractivity contribution is -0.119. The fraction of sp³-hybridized carbons (Fsp3) is 0.650. The number of carbonyl (C=O) groups excluding carboxylic acids is 1. The van der Waals surface area contributed by atoms with E-state index < -0.39 is 0 Å². The normalized spacial score (nSPS) is 23.0. The fourth-order valence-electron chi connectivity index (χ4n) is 4.24. The second kappa shape index (κ2) is 7.85. The first-order valence-electron chi connectivity index (χ1n) is 9.83. The van der Waals surface area contributed by atoms with Crippen molar-refractivity contribution in [2.45, 2.75) is 76.3 Å². The number of carbonyl (C=O) groups is 1. The number of hydrogen-bond acceptors (Lipinski definition) is 5. The van der Waals surface area contributed by atoms with Gasteiger partial charge in [-0.3, -0.25) is 4.79 Å². The SMILES string of the molecule is Cc1nc(SCC(=O)NC2CCCCC2C)c2c3c(sc2n1)CCCC3. The molecule has 0 aromatic carbocycles. The molecule has 1 N–H and O–H groups in total. The molecule has 2 atom stereocenters. The monoisotopic (exact) mass is 389 g/mol. The van der Waals surface area contributed by atoms with Gasteiger partial charge in [0.2, 0.25) is 5.91 Å². The smallest absolute Gasteiger partial charge is 0.230 e. The number of thioether (sulfide) groups is 1. The number of hydrogen-bond donors (Lipinski definition) is 1. The van der Waals surface area contributed by atoms with Crippen molar-refractivity contribution in [3.63, 3.8) is 0 Å². The summed E-state index contributed by atoms with van der Waals surface area (Å²) in [6.07, 6.45) is 9.69. The molecule has 26 heavy (non-hydrogen) atoms. The average Bonchev–Trinajstić information content (AvgIpc) is 2.99. The summed E-state index contributed by atoms with van der Waals surface area (Å²) in [6, 6.07) is 0.345. The molecule has 2 heterocycles. The number of nitrogens with zero attached hydrogens (tertiary/aromatic N) is 2. The van der Waals surface area contributed by atoms with Crippen LogP contribution in [0.3, 0.4) is 0 Å². The van der Waals surface area contributed by atoms with Crippen molar-refractivity contribution in [2.24, 2.45) is 5.92 Å². The second-order valence-electron chi connectivity index (χ2n) is 7.69. The Balaban J connectivity index is 1.50. The maximum atomic E-state index is 12.5. The lowest BCUT2D eigenvalue weighted by atomic mass is 9.86. The topological polar surface area (TPSA) is 54.9 Å². The van der Waals surface area contributed by atoms with Crippen LogP contribution in [-0.4, -0.2) is 27.7 Å². The number of rotatable bonds is 4. The van der Waals surface area contributed by atoms with Gasteiger partial charge in [0.25, 0.3) is 0 Å². The van der Waals surface area contributed by atoms with Crippen LogP contribution < -0.4 is 5.32 Å². The molecule has 0 bridgehead atoms. The number of nitrogens with one attached hydrogen (secondary N) is 1. The minimum absolute atomic E-state index is 0.141. The lowest BCUT2D eigenvalue weighted by Gasteiger charge is -2.29. The first-order chi connectivity index (χ1) is 12.6. The quantitative estimate of drug-likeness (QED) is 0.610. The van der Waals surface area contributed by atoms with Gasteiger partial charge in [-0.1, -0.05) is 31.5 Å². The maximum absolute atomic E-state index is 12.5. The molecule has 2 aliphatic rings. The van der Waals surface area contributed by atoms with E-state index in [-0.39, 0.29) is 5.91 Å². The summed E-state index contributed by atoms with van der Waals surface area (Å²) in [7, 11) is 0. The van der Waals surface area contributed by atoms with E-state index in [2.05, 4.69) is 17.2 Å². The zero-order valence-electron chi connectivity index (χ0n) is 15.6. The van der Waals surface area contributed by atoms with E-state index in [4.69, 9.17) is 4.98 Å². The summed E-state index contributed by atoms with van der Waals surface area (Å²) in [5.74, 6) is 1.98. The Bertz CT molecular complexity index is 817. The Morgan fingerprint density at radius 3 is 2.85 bits per heavy atom. The third-order valence-corrected chi connectivity index (χ3v) is 7.85. The van der Waals surface area contributed by atoms with E-state index in [9.17, 15) is 4.79 Å². The highest BCUT2D eigenvalue weighted by atomic mass is 32.2. The Labute approximate surface area is 163 Å². The Hall–Kier alpha value is -1.14. The lowest BCUT2D eigenvalue weighted by Crippen LogP contribution is -2.41. The fourth-order valence-corrected chi connectivity index (χ4v) is 6.53. The van der Waals surface area contributed by atoms with Gasteiger partial charge in [-0.15, -0.1) is 11.3 Å². The van der Waals surface area contributed by atoms with Gasteiger partial charge in [0.1, 0.15) is 15.7 Å². The molecule has 1 saturated carbocycles. The van der Waals surface area contributed by atoms with E-state index in [0.717, 1.165) is 28.5 Å². The van der Waals surface area contributed by atoms with Crippen LogP contribution >= 0.6 is 23.1 Å². The minimum Gasteiger partial charge on any atom is -0.352 e. The van der Waals surface area contributed by atoms with Crippen LogP contribution in [0.15, 0.2) is 5.03 Å². The maximum Gasteiger partial charge on any atom is 0.230 e. The molecule has 2 aromatic heterocycles. The van der Waals surface area contributed by atoms with Crippen molar-refractivity contribution in [3.05, 3.63) is 16.3 Å². The zero-order valence-corrected chi connectivity index (χ0v) is 17.3. The molecule has 0 radical (unpaired) electrons. The van der Waals surface area contributed by atoms with E-state index in [1.807, 2.05) is 18.3 Å². The molecular formula is C20H27N3OS2. The summed E-state index contributed by atoms with van der Waals surface area (Å²) in [5.41, 5.74) is 1.44.